The van der Waals surface area contributed by atoms with Crippen molar-refractivity contribution in [3.8, 4) is 22.8 Å². The highest BCUT2D eigenvalue weighted by Crippen LogP contribution is 2.34. The van der Waals surface area contributed by atoms with Crippen LogP contribution in [0, 0.1) is 0 Å². The van der Waals surface area contributed by atoms with E-state index in [2.05, 4.69) is 44.5 Å². The van der Waals surface area contributed by atoms with Gasteiger partial charge in [-0.15, -0.1) is 0 Å². The zero-order valence-corrected chi connectivity index (χ0v) is 19.6. The number of nitrogens with one attached hydrogen (secondary N) is 1. The smallest absolute Gasteiger partial charge is 0.255 e. The summed E-state index contributed by atoms with van der Waals surface area (Å²) in [5.74, 6) is 1.32. The topological polar surface area (TPSA) is 71.9 Å². The number of amides is 1. The summed E-state index contributed by atoms with van der Waals surface area (Å²) in [5.41, 5.74) is 3.32. The number of aryl methyl sites for hydroxylation is 1. The Kier molecular flexibility index (Phi) is 6.67. The van der Waals surface area contributed by atoms with Crippen LogP contribution in [0.25, 0.3) is 11.3 Å². The van der Waals surface area contributed by atoms with Gasteiger partial charge in [-0.1, -0.05) is 18.2 Å². The average Bonchev–Trinajstić information content (AvgIpc) is 3.11. The molecule has 0 radical (unpaired) electrons. The molecule has 0 aliphatic carbocycles. The molecule has 1 aromatic heterocycles. The fraction of sp³-hybridized carbons (Fsp3) is 0.385. The lowest BCUT2D eigenvalue weighted by Gasteiger charge is -2.36. The lowest BCUT2D eigenvalue weighted by atomic mass is 10.1. The van der Waals surface area contributed by atoms with Gasteiger partial charge < -0.3 is 19.7 Å². The molecule has 1 saturated heterocycles. The van der Waals surface area contributed by atoms with Crippen LogP contribution in [0.5, 0.6) is 11.5 Å². The first-order chi connectivity index (χ1) is 16.7. The maximum atomic E-state index is 13.0. The van der Waals surface area contributed by atoms with Crippen molar-refractivity contribution in [2.24, 2.45) is 7.05 Å². The van der Waals surface area contributed by atoms with Crippen molar-refractivity contribution in [2.45, 2.75) is 6.42 Å². The molecule has 1 fully saturated rings. The third-order valence-corrected chi connectivity index (χ3v) is 6.30. The zero-order chi connectivity index (χ0) is 23.3. The Morgan fingerprint density at radius 3 is 2.56 bits per heavy atom. The van der Waals surface area contributed by atoms with Gasteiger partial charge in [0.1, 0.15) is 5.69 Å². The Bertz CT molecular complexity index is 1120. The van der Waals surface area contributed by atoms with Crippen LogP contribution in [0.15, 0.2) is 54.7 Å². The van der Waals surface area contributed by atoms with Crippen LogP contribution in [0.4, 0.5) is 5.69 Å². The largest absolute Gasteiger partial charge is 0.490 e. The van der Waals surface area contributed by atoms with E-state index < -0.39 is 0 Å². The van der Waals surface area contributed by atoms with E-state index in [0.717, 1.165) is 50.5 Å². The van der Waals surface area contributed by atoms with Gasteiger partial charge in [-0.3, -0.25) is 14.4 Å². The molecule has 178 valence electrons. The molecule has 2 aromatic carbocycles. The number of para-hydroxylation sites is 1. The molecule has 3 heterocycles. The van der Waals surface area contributed by atoms with E-state index in [1.807, 2.05) is 31.3 Å². The highest BCUT2D eigenvalue weighted by molar-refractivity contribution is 5.99. The van der Waals surface area contributed by atoms with Gasteiger partial charge >= 0.3 is 0 Å². The van der Waals surface area contributed by atoms with Gasteiger partial charge in [-0.05, 0) is 30.3 Å². The fourth-order valence-electron chi connectivity index (χ4n) is 4.47. The molecule has 0 bridgehead atoms. The summed E-state index contributed by atoms with van der Waals surface area (Å²) in [6, 6.07) is 16.2. The van der Waals surface area contributed by atoms with E-state index >= 15 is 0 Å². The van der Waals surface area contributed by atoms with Crippen molar-refractivity contribution < 1.29 is 14.3 Å². The minimum atomic E-state index is -0.113. The first-order valence-electron chi connectivity index (χ1n) is 11.9. The minimum Gasteiger partial charge on any atom is -0.490 e. The number of rotatable bonds is 6. The summed E-state index contributed by atoms with van der Waals surface area (Å²) in [5, 5.41) is 7.63. The van der Waals surface area contributed by atoms with E-state index in [4.69, 9.17) is 9.47 Å². The van der Waals surface area contributed by atoms with Crippen LogP contribution in [-0.2, 0) is 7.05 Å². The quantitative estimate of drug-likeness (QED) is 0.609. The lowest BCUT2D eigenvalue weighted by molar-refractivity contribution is 0.0948. The van der Waals surface area contributed by atoms with E-state index in [-0.39, 0.29) is 5.91 Å². The Morgan fingerprint density at radius 1 is 1.00 bits per heavy atom. The van der Waals surface area contributed by atoms with Crippen molar-refractivity contribution in [3.05, 3.63) is 60.3 Å². The number of benzene rings is 2. The molecule has 8 nitrogen and oxygen atoms in total. The molecule has 0 atom stereocenters. The van der Waals surface area contributed by atoms with Crippen LogP contribution in [-0.4, -0.2) is 73.1 Å². The third kappa shape index (κ3) is 5.02. The van der Waals surface area contributed by atoms with Gasteiger partial charge in [0.05, 0.1) is 18.8 Å². The highest BCUT2D eigenvalue weighted by atomic mass is 16.5. The van der Waals surface area contributed by atoms with Crippen LogP contribution >= 0.6 is 0 Å². The maximum absolute atomic E-state index is 13.0. The van der Waals surface area contributed by atoms with Gasteiger partial charge in [0.25, 0.3) is 5.91 Å². The van der Waals surface area contributed by atoms with Gasteiger partial charge in [0.15, 0.2) is 11.5 Å². The van der Waals surface area contributed by atoms with Crippen LogP contribution in [0.3, 0.4) is 0 Å². The first-order valence-corrected chi connectivity index (χ1v) is 11.9. The number of nitrogens with zero attached hydrogens (tertiary/aromatic N) is 4. The number of piperazine rings is 1. The molecule has 2 aliphatic rings. The summed E-state index contributed by atoms with van der Waals surface area (Å²) in [6.45, 7) is 6.65. The summed E-state index contributed by atoms with van der Waals surface area (Å²) >= 11 is 0. The number of ether oxygens (including phenoxy) is 2. The van der Waals surface area contributed by atoms with Gasteiger partial charge in [0, 0.05) is 70.2 Å². The Labute approximate surface area is 200 Å². The molecule has 34 heavy (non-hydrogen) atoms. The molecule has 0 spiro atoms. The number of carbonyl (C=O) groups is 1. The second-order valence-electron chi connectivity index (χ2n) is 8.70. The fourth-order valence-corrected chi connectivity index (χ4v) is 4.47. The van der Waals surface area contributed by atoms with Crippen LogP contribution in [0.1, 0.15) is 16.8 Å². The lowest BCUT2D eigenvalue weighted by Crippen LogP contribution is -2.48. The van der Waals surface area contributed by atoms with E-state index in [0.29, 0.717) is 36.8 Å². The maximum Gasteiger partial charge on any atom is 0.255 e. The number of anilines is 1. The second-order valence-corrected chi connectivity index (χ2v) is 8.70. The number of carbonyl (C=O) groups excluding carboxylic acids is 1. The van der Waals surface area contributed by atoms with Crippen LogP contribution < -0.4 is 19.7 Å². The standard InChI is InChI=1S/C26H31N5O3/c1-29-19-22(25(28-29)20-8-9-23-24(18-20)34-17-5-16-33-23)26(32)27-10-11-30-12-14-31(15-13-30)21-6-3-2-4-7-21/h2-4,6-9,18-19H,5,10-17H2,1H3,(H,27,32). The molecule has 8 heteroatoms. The number of hydrogen-bond acceptors (Lipinski definition) is 6. The van der Waals surface area contributed by atoms with Crippen molar-refractivity contribution in [3.63, 3.8) is 0 Å². The predicted molar refractivity (Wildman–Crippen MR) is 132 cm³/mol. The van der Waals surface area contributed by atoms with E-state index in [1.165, 1.54) is 5.69 Å². The molecule has 2 aliphatic heterocycles. The molecule has 1 N–H and O–H groups in total. The van der Waals surface area contributed by atoms with Crippen molar-refractivity contribution >= 4 is 11.6 Å². The van der Waals surface area contributed by atoms with E-state index in [9.17, 15) is 4.79 Å². The molecule has 5 rings (SSSR count). The van der Waals surface area contributed by atoms with Gasteiger partial charge in [-0.25, -0.2) is 0 Å². The highest BCUT2D eigenvalue weighted by Gasteiger charge is 2.21. The molecule has 1 amide bonds. The summed E-state index contributed by atoms with van der Waals surface area (Å²) < 4.78 is 13.2. The Balaban J connectivity index is 1.18. The molecular formula is C26H31N5O3. The minimum absolute atomic E-state index is 0.113. The molecular weight excluding hydrogens is 430 g/mol. The average molecular weight is 462 g/mol. The molecule has 0 unspecified atom stereocenters. The van der Waals surface area contributed by atoms with E-state index in [1.54, 1.807) is 10.9 Å². The summed E-state index contributed by atoms with van der Waals surface area (Å²) in [6.07, 6.45) is 2.62. The summed E-state index contributed by atoms with van der Waals surface area (Å²) in [7, 11) is 1.83. The Hall–Kier alpha value is -3.52. The monoisotopic (exact) mass is 461 g/mol. The number of aromatic nitrogens is 2. The molecule has 3 aromatic rings. The SMILES string of the molecule is Cn1cc(C(=O)NCCN2CCN(c3ccccc3)CC2)c(-c2ccc3c(c2)OCCCO3)n1. The van der Waals surface area contributed by atoms with Crippen LogP contribution in [0.2, 0.25) is 0 Å². The normalized spacial score (nSPS) is 16.2. The van der Waals surface area contributed by atoms with Crippen molar-refractivity contribution in [1.29, 1.82) is 0 Å². The second kappa shape index (κ2) is 10.2. The number of fused-ring (bicyclic) bond motifs is 1. The van der Waals surface area contributed by atoms with Crippen molar-refractivity contribution in [2.75, 3.05) is 57.4 Å². The van der Waals surface area contributed by atoms with Crippen molar-refractivity contribution in [1.82, 2.24) is 20.0 Å². The first kappa shape index (κ1) is 22.3. The molecule has 0 saturated carbocycles. The van der Waals surface area contributed by atoms with Gasteiger partial charge in [0.2, 0.25) is 0 Å². The van der Waals surface area contributed by atoms with Gasteiger partial charge in [-0.2, -0.15) is 5.10 Å². The third-order valence-electron chi connectivity index (χ3n) is 6.30. The number of hydrogen-bond donors (Lipinski definition) is 1. The predicted octanol–water partition coefficient (Wildman–Crippen LogP) is 2.80. The zero-order valence-electron chi connectivity index (χ0n) is 19.6. The summed E-state index contributed by atoms with van der Waals surface area (Å²) in [4.78, 5) is 17.8. The Morgan fingerprint density at radius 2 is 1.76 bits per heavy atom.